The van der Waals surface area contributed by atoms with E-state index in [2.05, 4.69) is 6.92 Å². The summed E-state index contributed by atoms with van der Waals surface area (Å²) in [6.45, 7) is 2.10. The fourth-order valence-electron chi connectivity index (χ4n) is 1.64. The monoisotopic (exact) mass is 243 g/mol. The van der Waals surface area contributed by atoms with Crippen LogP contribution in [0.5, 0.6) is 11.5 Å². The van der Waals surface area contributed by atoms with E-state index < -0.39 is 0 Å². The van der Waals surface area contributed by atoms with Gasteiger partial charge in [0.2, 0.25) is 0 Å². The molecule has 1 rings (SSSR count). The Morgan fingerprint density at radius 3 is 2.38 bits per heavy atom. The second kappa shape index (κ2) is 5.97. The summed E-state index contributed by atoms with van der Waals surface area (Å²) in [5.74, 6) is 1.34. The Balaban J connectivity index is 3.13. The molecule has 0 amide bonds. The molecule has 1 aromatic rings. The summed E-state index contributed by atoms with van der Waals surface area (Å²) >= 11 is 6.02. The van der Waals surface area contributed by atoms with Crippen LogP contribution in [-0.2, 0) is 0 Å². The molecular formula is C12H18ClNO2. The zero-order chi connectivity index (χ0) is 12.1. The van der Waals surface area contributed by atoms with Crippen molar-refractivity contribution in [2.24, 2.45) is 5.73 Å². The Morgan fingerprint density at radius 2 is 1.88 bits per heavy atom. The lowest BCUT2D eigenvalue weighted by molar-refractivity contribution is 0.394. The first kappa shape index (κ1) is 13.1. The molecule has 0 saturated carbocycles. The minimum absolute atomic E-state index is 0.0499. The van der Waals surface area contributed by atoms with Crippen LogP contribution in [0.2, 0.25) is 5.02 Å². The highest BCUT2D eigenvalue weighted by Gasteiger charge is 2.15. The quantitative estimate of drug-likeness (QED) is 0.864. The lowest BCUT2D eigenvalue weighted by Gasteiger charge is -2.17. The Morgan fingerprint density at radius 1 is 1.25 bits per heavy atom. The summed E-state index contributed by atoms with van der Waals surface area (Å²) in [6.07, 6.45) is 1.93. The first-order valence-corrected chi connectivity index (χ1v) is 5.68. The summed E-state index contributed by atoms with van der Waals surface area (Å²) in [5.41, 5.74) is 7.01. The van der Waals surface area contributed by atoms with Crippen molar-refractivity contribution in [1.29, 1.82) is 0 Å². The van der Waals surface area contributed by atoms with Crippen molar-refractivity contribution in [3.05, 3.63) is 22.7 Å². The third kappa shape index (κ3) is 2.80. The van der Waals surface area contributed by atoms with Gasteiger partial charge >= 0.3 is 0 Å². The highest BCUT2D eigenvalue weighted by molar-refractivity contribution is 6.32. The Bertz CT molecular complexity index is 355. The van der Waals surface area contributed by atoms with Crippen LogP contribution in [0.25, 0.3) is 0 Å². The number of benzene rings is 1. The lowest BCUT2D eigenvalue weighted by Crippen LogP contribution is -2.11. The molecule has 1 atom stereocenters. The molecule has 0 bridgehead atoms. The summed E-state index contributed by atoms with van der Waals surface area (Å²) in [7, 11) is 3.20. The van der Waals surface area contributed by atoms with E-state index in [0.29, 0.717) is 16.5 Å². The van der Waals surface area contributed by atoms with E-state index in [9.17, 15) is 0 Å². The van der Waals surface area contributed by atoms with Crippen molar-refractivity contribution in [3.63, 3.8) is 0 Å². The van der Waals surface area contributed by atoms with E-state index >= 15 is 0 Å². The van der Waals surface area contributed by atoms with Gasteiger partial charge < -0.3 is 15.2 Å². The van der Waals surface area contributed by atoms with Gasteiger partial charge in [-0.25, -0.2) is 0 Å². The maximum atomic E-state index is 6.08. The Labute approximate surface area is 101 Å². The van der Waals surface area contributed by atoms with E-state index in [1.54, 1.807) is 20.3 Å². The molecule has 3 nitrogen and oxygen atoms in total. The summed E-state index contributed by atoms with van der Waals surface area (Å²) in [4.78, 5) is 0. The van der Waals surface area contributed by atoms with Crippen LogP contribution in [0, 0.1) is 0 Å². The largest absolute Gasteiger partial charge is 0.496 e. The van der Waals surface area contributed by atoms with Gasteiger partial charge in [0.25, 0.3) is 0 Å². The standard InChI is InChI=1S/C12H18ClNO2/c1-4-5-10(14)8-6-12(16-3)9(13)7-11(8)15-2/h6-7,10H,4-5,14H2,1-3H3. The molecule has 0 heterocycles. The number of hydrogen-bond donors (Lipinski definition) is 1. The fraction of sp³-hybridized carbons (Fsp3) is 0.500. The molecule has 0 radical (unpaired) electrons. The number of hydrogen-bond acceptors (Lipinski definition) is 3. The molecule has 16 heavy (non-hydrogen) atoms. The Hall–Kier alpha value is -0.930. The van der Waals surface area contributed by atoms with Crippen LogP contribution in [0.4, 0.5) is 0 Å². The Kier molecular flexibility index (Phi) is 4.90. The van der Waals surface area contributed by atoms with Crippen LogP contribution in [-0.4, -0.2) is 14.2 Å². The van der Waals surface area contributed by atoms with Gasteiger partial charge in [-0.15, -0.1) is 0 Å². The van der Waals surface area contributed by atoms with E-state index in [1.807, 2.05) is 6.07 Å². The zero-order valence-electron chi connectivity index (χ0n) is 9.92. The van der Waals surface area contributed by atoms with Crippen LogP contribution < -0.4 is 15.2 Å². The number of methoxy groups -OCH3 is 2. The zero-order valence-corrected chi connectivity index (χ0v) is 10.7. The number of halogens is 1. The SMILES string of the molecule is CCCC(N)c1cc(OC)c(Cl)cc1OC. The van der Waals surface area contributed by atoms with Gasteiger partial charge in [0, 0.05) is 17.7 Å². The summed E-state index contributed by atoms with van der Waals surface area (Å²) in [6, 6.07) is 3.54. The second-order valence-corrected chi connectivity index (χ2v) is 4.03. The van der Waals surface area contributed by atoms with Gasteiger partial charge in [-0.05, 0) is 12.5 Å². The van der Waals surface area contributed by atoms with Crippen molar-refractivity contribution in [2.45, 2.75) is 25.8 Å². The molecule has 0 aliphatic carbocycles. The fourth-order valence-corrected chi connectivity index (χ4v) is 1.87. The number of ether oxygens (including phenoxy) is 2. The van der Waals surface area contributed by atoms with Gasteiger partial charge in [-0.1, -0.05) is 24.9 Å². The molecule has 0 aliphatic heterocycles. The molecule has 2 N–H and O–H groups in total. The van der Waals surface area contributed by atoms with Gasteiger partial charge in [-0.2, -0.15) is 0 Å². The smallest absolute Gasteiger partial charge is 0.138 e. The number of rotatable bonds is 5. The average molecular weight is 244 g/mol. The van der Waals surface area contributed by atoms with Gasteiger partial charge in [0.1, 0.15) is 11.5 Å². The van der Waals surface area contributed by atoms with Crippen molar-refractivity contribution in [1.82, 2.24) is 0 Å². The minimum Gasteiger partial charge on any atom is -0.496 e. The molecule has 4 heteroatoms. The summed E-state index contributed by atoms with van der Waals surface area (Å²) < 4.78 is 10.4. The van der Waals surface area contributed by atoms with Crippen LogP contribution in [0.1, 0.15) is 31.4 Å². The van der Waals surface area contributed by atoms with Crippen molar-refractivity contribution < 1.29 is 9.47 Å². The normalized spacial score (nSPS) is 12.3. The molecule has 90 valence electrons. The summed E-state index contributed by atoms with van der Waals surface area (Å²) in [5, 5.41) is 0.534. The molecule has 1 unspecified atom stereocenters. The highest BCUT2D eigenvalue weighted by atomic mass is 35.5. The third-order valence-corrected chi connectivity index (χ3v) is 2.80. The first-order valence-electron chi connectivity index (χ1n) is 5.31. The van der Waals surface area contributed by atoms with Crippen LogP contribution in [0.3, 0.4) is 0 Å². The van der Waals surface area contributed by atoms with Gasteiger partial charge in [0.05, 0.1) is 19.2 Å². The van der Waals surface area contributed by atoms with E-state index in [-0.39, 0.29) is 6.04 Å². The molecule has 0 aliphatic rings. The third-order valence-electron chi connectivity index (χ3n) is 2.50. The first-order chi connectivity index (χ1) is 7.63. The maximum absolute atomic E-state index is 6.08. The lowest BCUT2D eigenvalue weighted by atomic mass is 10.0. The minimum atomic E-state index is -0.0499. The van der Waals surface area contributed by atoms with Crippen molar-refractivity contribution in [3.8, 4) is 11.5 Å². The number of nitrogens with two attached hydrogens (primary N) is 1. The molecule has 0 saturated heterocycles. The van der Waals surface area contributed by atoms with E-state index in [0.717, 1.165) is 18.4 Å². The van der Waals surface area contributed by atoms with E-state index in [1.165, 1.54) is 0 Å². The molecule has 0 fully saturated rings. The molecule has 0 spiro atoms. The highest BCUT2D eigenvalue weighted by Crippen LogP contribution is 2.35. The topological polar surface area (TPSA) is 44.5 Å². The van der Waals surface area contributed by atoms with Crippen LogP contribution >= 0.6 is 11.6 Å². The second-order valence-electron chi connectivity index (χ2n) is 3.62. The van der Waals surface area contributed by atoms with E-state index in [4.69, 9.17) is 26.8 Å². The predicted octanol–water partition coefficient (Wildman–Crippen LogP) is 3.16. The van der Waals surface area contributed by atoms with Crippen molar-refractivity contribution in [2.75, 3.05) is 14.2 Å². The molecular weight excluding hydrogens is 226 g/mol. The van der Waals surface area contributed by atoms with Crippen molar-refractivity contribution >= 4 is 11.6 Å². The maximum Gasteiger partial charge on any atom is 0.138 e. The van der Waals surface area contributed by atoms with Gasteiger partial charge in [0.15, 0.2) is 0 Å². The molecule has 0 aromatic heterocycles. The van der Waals surface area contributed by atoms with Crippen LogP contribution in [0.15, 0.2) is 12.1 Å². The molecule has 1 aromatic carbocycles. The van der Waals surface area contributed by atoms with Gasteiger partial charge in [-0.3, -0.25) is 0 Å². The average Bonchev–Trinajstić information content (AvgIpc) is 2.28. The predicted molar refractivity (Wildman–Crippen MR) is 66.4 cm³/mol.